The fourth-order valence-electron chi connectivity index (χ4n) is 2.94. The first-order valence-electron chi connectivity index (χ1n) is 9.49. The third-order valence-electron chi connectivity index (χ3n) is 4.12. The average molecular weight is 399 g/mol. The molecule has 7 heteroatoms. The van der Waals surface area contributed by atoms with Crippen molar-refractivity contribution in [2.45, 2.75) is 45.8 Å². The quantitative estimate of drug-likeness (QED) is 0.761. The minimum atomic E-state index is -0.501. The molecule has 2 rings (SSSR count). The summed E-state index contributed by atoms with van der Waals surface area (Å²) in [5, 5.41) is 3.50. The van der Waals surface area contributed by atoms with Gasteiger partial charge in [0, 0.05) is 31.2 Å². The second kappa shape index (κ2) is 10.2. The number of alkyl carbamates (subject to hydrolysis) is 1. The van der Waals surface area contributed by atoms with Crippen LogP contribution in [-0.2, 0) is 15.9 Å². The van der Waals surface area contributed by atoms with Crippen molar-refractivity contribution in [2.24, 2.45) is 0 Å². The van der Waals surface area contributed by atoms with E-state index in [-0.39, 0.29) is 6.10 Å². The monoisotopic (exact) mass is 398 g/mol. The van der Waals surface area contributed by atoms with Crippen LogP contribution >= 0.6 is 11.6 Å². The van der Waals surface area contributed by atoms with Crippen molar-refractivity contribution in [3.8, 4) is 5.75 Å². The molecule has 1 atom stereocenters. The van der Waals surface area contributed by atoms with Crippen LogP contribution in [0, 0.1) is 0 Å². The second-order valence-electron chi connectivity index (χ2n) is 7.61. The van der Waals surface area contributed by atoms with Crippen molar-refractivity contribution in [2.75, 3.05) is 39.4 Å². The summed E-state index contributed by atoms with van der Waals surface area (Å²) < 4.78 is 16.7. The van der Waals surface area contributed by atoms with Gasteiger partial charge in [0.05, 0.1) is 19.3 Å². The van der Waals surface area contributed by atoms with Crippen molar-refractivity contribution in [3.05, 3.63) is 28.8 Å². The van der Waals surface area contributed by atoms with E-state index in [1.165, 1.54) is 0 Å². The Labute approximate surface area is 167 Å². The van der Waals surface area contributed by atoms with E-state index in [0.29, 0.717) is 19.8 Å². The molecule has 0 spiro atoms. The topological polar surface area (TPSA) is 60.0 Å². The van der Waals surface area contributed by atoms with E-state index in [9.17, 15) is 4.79 Å². The lowest BCUT2D eigenvalue weighted by Gasteiger charge is -2.33. The molecule has 1 N–H and O–H groups in total. The molecule has 1 heterocycles. The number of amides is 1. The average Bonchev–Trinajstić information content (AvgIpc) is 2.59. The van der Waals surface area contributed by atoms with Crippen LogP contribution in [0.3, 0.4) is 0 Å². The molecule has 1 aromatic carbocycles. The van der Waals surface area contributed by atoms with Crippen LogP contribution in [-0.4, -0.2) is 62.1 Å². The molecular formula is C20H31ClN2O4. The number of nitrogens with one attached hydrogen (secondary N) is 1. The van der Waals surface area contributed by atoms with Gasteiger partial charge in [-0.3, -0.25) is 4.90 Å². The summed E-state index contributed by atoms with van der Waals surface area (Å²) in [7, 11) is 0. The molecule has 1 aliphatic heterocycles. The molecule has 1 amide bonds. The Morgan fingerprint density at radius 2 is 2.19 bits per heavy atom. The number of hydrogen-bond donors (Lipinski definition) is 1. The predicted octanol–water partition coefficient (Wildman–Crippen LogP) is 3.51. The normalized spacial score (nSPS) is 18.2. The molecule has 0 aromatic heterocycles. The molecule has 0 saturated carbocycles. The van der Waals surface area contributed by atoms with Crippen molar-refractivity contribution in [1.82, 2.24) is 10.2 Å². The van der Waals surface area contributed by atoms with Gasteiger partial charge in [0.1, 0.15) is 11.4 Å². The molecule has 0 aliphatic carbocycles. The number of morpholine rings is 1. The molecule has 27 heavy (non-hydrogen) atoms. The van der Waals surface area contributed by atoms with Crippen LogP contribution in [0.1, 0.15) is 33.3 Å². The summed E-state index contributed by atoms with van der Waals surface area (Å²) in [5.74, 6) is 0.887. The van der Waals surface area contributed by atoms with Crippen molar-refractivity contribution in [1.29, 1.82) is 0 Å². The van der Waals surface area contributed by atoms with Crippen LogP contribution in [0.15, 0.2) is 18.2 Å². The smallest absolute Gasteiger partial charge is 0.407 e. The largest absolute Gasteiger partial charge is 0.494 e. The minimum Gasteiger partial charge on any atom is -0.494 e. The molecule has 0 bridgehead atoms. The highest BCUT2D eigenvalue weighted by Crippen LogP contribution is 2.24. The lowest BCUT2D eigenvalue weighted by atomic mass is 10.1. The van der Waals surface area contributed by atoms with Crippen molar-refractivity contribution in [3.63, 3.8) is 0 Å². The fourth-order valence-corrected chi connectivity index (χ4v) is 3.13. The summed E-state index contributed by atoms with van der Waals surface area (Å²) in [6, 6.07) is 5.74. The second-order valence-corrected chi connectivity index (χ2v) is 8.05. The number of benzene rings is 1. The van der Waals surface area contributed by atoms with E-state index in [2.05, 4.69) is 10.2 Å². The van der Waals surface area contributed by atoms with Gasteiger partial charge in [0.2, 0.25) is 0 Å². The number of carbonyl (C=O) groups excluding carboxylic acids is 1. The lowest BCUT2D eigenvalue weighted by Crippen LogP contribution is -2.48. The van der Waals surface area contributed by atoms with E-state index in [1.807, 2.05) is 45.9 Å². The van der Waals surface area contributed by atoms with Gasteiger partial charge in [-0.15, -0.1) is 0 Å². The first kappa shape index (κ1) is 21.8. The number of rotatable bonds is 7. The number of ether oxygens (including phenoxy) is 3. The van der Waals surface area contributed by atoms with Gasteiger partial charge in [0.25, 0.3) is 0 Å². The first-order chi connectivity index (χ1) is 12.8. The van der Waals surface area contributed by atoms with Gasteiger partial charge in [-0.2, -0.15) is 0 Å². The van der Waals surface area contributed by atoms with Crippen molar-refractivity contribution >= 4 is 17.7 Å². The lowest BCUT2D eigenvalue weighted by molar-refractivity contribution is -0.0281. The Balaban J connectivity index is 1.81. The van der Waals surface area contributed by atoms with Crippen LogP contribution in [0.25, 0.3) is 0 Å². The fraction of sp³-hybridized carbons (Fsp3) is 0.650. The van der Waals surface area contributed by atoms with Gasteiger partial charge in [-0.1, -0.05) is 11.6 Å². The summed E-state index contributed by atoms with van der Waals surface area (Å²) >= 11 is 6.14. The van der Waals surface area contributed by atoms with Gasteiger partial charge < -0.3 is 19.5 Å². The highest BCUT2D eigenvalue weighted by molar-refractivity contribution is 6.30. The summed E-state index contributed by atoms with van der Waals surface area (Å²) in [5.41, 5.74) is 0.609. The van der Waals surface area contributed by atoms with E-state index in [1.54, 1.807) is 0 Å². The SMILES string of the molecule is CCOc1ccc(Cl)cc1CCN1CCO[C@@H](CNC(=O)OC(C)(C)C)C1. The maximum atomic E-state index is 11.8. The molecule has 1 aliphatic rings. The molecule has 1 aromatic rings. The van der Waals surface area contributed by atoms with Gasteiger partial charge in [-0.25, -0.2) is 4.79 Å². The number of halogens is 1. The maximum absolute atomic E-state index is 11.8. The molecular weight excluding hydrogens is 368 g/mol. The summed E-state index contributed by atoms with van der Waals surface area (Å²) in [6.07, 6.45) is 0.391. The zero-order chi connectivity index (χ0) is 19.9. The molecule has 6 nitrogen and oxygen atoms in total. The van der Waals surface area contributed by atoms with E-state index in [4.69, 9.17) is 25.8 Å². The van der Waals surface area contributed by atoms with Crippen LogP contribution in [0.4, 0.5) is 4.79 Å². The molecule has 152 valence electrons. The van der Waals surface area contributed by atoms with Gasteiger partial charge >= 0.3 is 6.09 Å². The standard InChI is InChI=1S/C20H31ClN2O4/c1-5-25-18-7-6-16(21)12-15(18)8-9-23-10-11-26-17(14-23)13-22-19(24)27-20(2,3)4/h6-7,12,17H,5,8-11,13-14H2,1-4H3,(H,22,24)/t17-/m0/s1. The highest BCUT2D eigenvalue weighted by Gasteiger charge is 2.22. The Kier molecular flexibility index (Phi) is 8.20. The molecule has 0 unspecified atom stereocenters. The Hall–Kier alpha value is -1.50. The van der Waals surface area contributed by atoms with Crippen LogP contribution < -0.4 is 10.1 Å². The van der Waals surface area contributed by atoms with Crippen LogP contribution in [0.2, 0.25) is 5.02 Å². The van der Waals surface area contributed by atoms with Gasteiger partial charge in [-0.05, 0) is 57.9 Å². The van der Waals surface area contributed by atoms with E-state index >= 15 is 0 Å². The Morgan fingerprint density at radius 3 is 2.89 bits per heavy atom. The van der Waals surface area contributed by atoms with E-state index in [0.717, 1.165) is 42.4 Å². The van der Waals surface area contributed by atoms with Crippen molar-refractivity contribution < 1.29 is 19.0 Å². The zero-order valence-electron chi connectivity index (χ0n) is 16.7. The molecule has 1 saturated heterocycles. The Morgan fingerprint density at radius 1 is 1.41 bits per heavy atom. The van der Waals surface area contributed by atoms with E-state index < -0.39 is 11.7 Å². The number of nitrogens with zero attached hydrogens (tertiary/aromatic N) is 1. The summed E-state index contributed by atoms with van der Waals surface area (Å²) in [4.78, 5) is 14.1. The third-order valence-corrected chi connectivity index (χ3v) is 4.35. The highest BCUT2D eigenvalue weighted by atomic mass is 35.5. The number of carbonyl (C=O) groups is 1. The predicted molar refractivity (Wildman–Crippen MR) is 107 cm³/mol. The summed E-state index contributed by atoms with van der Waals surface area (Å²) in [6.45, 7) is 11.7. The third kappa shape index (κ3) is 7.95. The molecule has 0 radical (unpaired) electrons. The minimum absolute atomic E-state index is 0.0445. The Bertz CT molecular complexity index is 618. The van der Waals surface area contributed by atoms with Crippen LogP contribution in [0.5, 0.6) is 5.75 Å². The first-order valence-corrected chi connectivity index (χ1v) is 9.86. The maximum Gasteiger partial charge on any atom is 0.407 e. The number of hydrogen-bond acceptors (Lipinski definition) is 5. The van der Waals surface area contributed by atoms with Gasteiger partial charge in [0.15, 0.2) is 0 Å². The zero-order valence-corrected chi connectivity index (χ0v) is 17.5. The molecule has 1 fully saturated rings.